The second-order valence-corrected chi connectivity index (χ2v) is 9.63. The van der Waals surface area contributed by atoms with Crippen molar-refractivity contribution in [2.24, 2.45) is 5.92 Å². The Hall–Kier alpha value is -1.57. The molecule has 0 aromatic heterocycles. The summed E-state index contributed by atoms with van der Waals surface area (Å²) < 4.78 is 11.9. The van der Waals surface area contributed by atoms with Crippen LogP contribution < -0.4 is 5.32 Å². The predicted molar refractivity (Wildman–Crippen MR) is 123 cm³/mol. The molecule has 3 rings (SSSR count). The SMILES string of the molecule is CC/C1=C\C(=O)O[C@H]2C[C@H](CC[C@H](CC)/C=C/C=C\CC1)O[C@@](O)([C@@H]1CSC(=O)N1)C2. The van der Waals surface area contributed by atoms with Gasteiger partial charge in [0.1, 0.15) is 6.10 Å². The molecule has 2 fully saturated rings. The molecule has 5 atom stereocenters. The fourth-order valence-electron chi connectivity index (χ4n) is 4.42. The highest BCUT2D eigenvalue weighted by atomic mass is 32.2. The van der Waals surface area contributed by atoms with Crippen molar-refractivity contribution in [1.29, 1.82) is 0 Å². The summed E-state index contributed by atoms with van der Waals surface area (Å²) in [7, 11) is 0. The number of ether oxygens (including phenoxy) is 2. The Balaban J connectivity index is 1.81. The lowest BCUT2D eigenvalue weighted by molar-refractivity contribution is -0.283. The monoisotopic (exact) mass is 449 g/mol. The van der Waals surface area contributed by atoms with Crippen LogP contribution in [0, 0.1) is 5.92 Å². The lowest BCUT2D eigenvalue weighted by Crippen LogP contribution is -2.58. The van der Waals surface area contributed by atoms with E-state index in [1.165, 1.54) is 0 Å². The molecular weight excluding hydrogens is 414 g/mol. The summed E-state index contributed by atoms with van der Waals surface area (Å²) in [6.07, 6.45) is 15.4. The van der Waals surface area contributed by atoms with Crippen molar-refractivity contribution >= 4 is 23.0 Å². The van der Waals surface area contributed by atoms with E-state index in [-0.39, 0.29) is 23.7 Å². The third kappa shape index (κ3) is 6.96. The summed E-state index contributed by atoms with van der Waals surface area (Å²) in [5, 5.41) is 13.9. The molecule has 0 unspecified atom stereocenters. The van der Waals surface area contributed by atoms with Crippen LogP contribution in [0.5, 0.6) is 0 Å². The Labute approximate surface area is 189 Å². The number of thioether (sulfide) groups is 1. The number of amides is 1. The van der Waals surface area contributed by atoms with Gasteiger partial charge in [-0.05, 0) is 44.4 Å². The van der Waals surface area contributed by atoms with Crippen molar-refractivity contribution in [3.8, 4) is 0 Å². The number of fused-ring (bicyclic) bond motifs is 2. The van der Waals surface area contributed by atoms with E-state index in [0.717, 1.165) is 55.9 Å². The van der Waals surface area contributed by atoms with Gasteiger partial charge >= 0.3 is 5.97 Å². The number of allylic oxidation sites excluding steroid dienone is 5. The average Bonchev–Trinajstić information content (AvgIpc) is 3.18. The molecule has 0 spiro atoms. The van der Waals surface area contributed by atoms with Crippen LogP contribution in [0.15, 0.2) is 36.0 Å². The molecule has 2 saturated heterocycles. The van der Waals surface area contributed by atoms with Gasteiger partial charge in [-0.2, -0.15) is 0 Å². The third-order valence-electron chi connectivity index (χ3n) is 6.34. The molecule has 6 nitrogen and oxygen atoms in total. The Morgan fingerprint density at radius 2 is 2.06 bits per heavy atom. The third-order valence-corrected chi connectivity index (χ3v) is 7.22. The first-order valence-electron chi connectivity index (χ1n) is 11.5. The van der Waals surface area contributed by atoms with Crippen molar-refractivity contribution in [3.05, 3.63) is 36.0 Å². The highest BCUT2D eigenvalue weighted by Crippen LogP contribution is 2.37. The van der Waals surface area contributed by atoms with Crippen LogP contribution >= 0.6 is 11.8 Å². The minimum absolute atomic E-state index is 0.160. The first-order chi connectivity index (χ1) is 14.9. The number of rotatable bonds is 3. The molecule has 31 heavy (non-hydrogen) atoms. The number of carbonyl (C=O) groups excluding carboxylic acids is 2. The predicted octanol–water partition coefficient (Wildman–Crippen LogP) is 4.64. The van der Waals surface area contributed by atoms with Crippen LogP contribution in [0.2, 0.25) is 0 Å². The van der Waals surface area contributed by atoms with Crippen LogP contribution in [0.4, 0.5) is 4.79 Å². The smallest absolute Gasteiger partial charge is 0.330 e. The molecule has 0 aliphatic carbocycles. The van der Waals surface area contributed by atoms with Gasteiger partial charge < -0.3 is 19.9 Å². The lowest BCUT2D eigenvalue weighted by atomic mass is 9.89. The molecule has 0 radical (unpaired) electrons. The van der Waals surface area contributed by atoms with E-state index >= 15 is 0 Å². The lowest BCUT2D eigenvalue weighted by Gasteiger charge is -2.43. The maximum atomic E-state index is 12.6. The highest BCUT2D eigenvalue weighted by molar-refractivity contribution is 8.14. The fraction of sp³-hybridized carbons (Fsp3) is 0.667. The highest BCUT2D eigenvalue weighted by Gasteiger charge is 2.49. The zero-order valence-corrected chi connectivity index (χ0v) is 19.4. The van der Waals surface area contributed by atoms with Crippen LogP contribution in [0.3, 0.4) is 0 Å². The van der Waals surface area contributed by atoms with E-state index < -0.39 is 17.9 Å². The van der Waals surface area contributed by atoms with Gasteiger partial charge in [0.25, 0.3) is 5.24 Å². The van der Waals surface area contributed by atoms with E-state index in [4.69, 9.17) is 9.47 Å². The molecule has 2 bridgehead atoms. The van der Waals surface area contributed by atoms with Gasteiger partial charge in [-0.15, -0.1) is 0 Å². The van der Waals surface area contributed by atoms with E-state index in [9.17, 15) is 14.7 Å². The normalized spacial score (nSPS) is 39.1. The van der Waals surface area contributed by atoms with E-state index in [1.807, 2.05) is 6.92 Å². The second kappa shape index (κ2) is 11.3. The zero-order valence-electron chi connectivity index (χ0n) is 18.5. The Kier molecular flexibility index (Phi) is 8.81. The van der Waals surface area contributed by atoms with Gasteiger partial charge in [-0.25, -0.2) is 4.79 Å². The number of hydrogen-bond acceptors (Lipinski definition) is 6. The van der Waals surface area contributed by atoms with Crippen LogP contribution in [0.1, 0.15) is 65.2 Å². The minimum Gasteiger partial charge on any atom is -0.459 e. The summed E-state index contributed by atoms with van der Waals surface area (Å²) in [6.45, 7) is 4.21. The summed E-state index contributed by atoms with van der Waals surface area (Å²) in [6, 6.07) is -0.506. The molecular formula is C24H35NO5S. The number of hydrogen-bond donors (Lipinski definition) is 2. The fourth-order valence-corrected chi connectivity index (χ4v) is 5.31. The minimum atomic E-state index is -1.53. The molecule has 0 saturated carbocycles. The van der Waals surface area contributed by atoms with E-state index in [1.54, 1.807) is 6.08 Å². The van der Waals surface area contributed by atoms with Crippen molar-refractivity contribution in [3.63, 3.8) is 0 Å². The first kappa shape index (κ1) is 24.1. The number of esters is 1. The maximum absolute atomic E-state index is 12.6. The molecule has 172 valence electrons. The summed E-state index contributed by atoms with van der Waals surface area (Å²) in [5.74, 6) is -1.03. The van der Waals surface area contributed by atoms with Crippen molar-refractivity contribution < 1.29 is 24.2 Å². The van der Waals surface area contributed by atoms with Crippen LogP contribution in [-0.2, 0) is 14.3 Å². The quantitative estimate of drug-likeness (QED) is 0.611. The largest absolute Gasteiger partial charge is 0.459 e. The molecule has 7 heteroatoms. The second-order valence-electron chi connectivity index (χ2n) is 8.63. The molecule has 0 aromatic carbocycles. The van der Waals surface area contributed by atoms with Crippen LogP contribution in [-0.4, -0.2) is 46.1 Å². The van der Waals surface area contributed by atoms with Crippen molar-refractivity contribution in [2.45, 2.75) is 89.3 Å². The topological polar surface area (TPSA) is 84.9 Å². The number of carbonyl (C=O) groups is 2. The Morgan fingerprint density at radius 1 is 1.23 bits per heavy atom. The standard InChI is InChI=1S/C24H35NO5S/c1-3-17-9-7-5-6-8-10-18(4-2)13-22(26)29-20-14-19(12-11-17)30-24(28,15-20)21-16-31-23(27)25-21/h5-7,9,13,17,19-21,28H,3-4,8,10-12,14-16H2,1-2H3,(H,25,27)/b6-5-,9-7+,18-13+/t17-,19+,20+,21+,24-/m1/s1. The Bertz CT molecular complexity index is 733. The molecule has 1 amide bonds. The molecule has 2 N–H and O–H groups in total. The van der Waals surface area contributed by atoms with Crippen molar-refractivity contribution in [1.82, 2.24) is 5.32 Å². The average molecular weight is 450 g/mol. The van der Waals surface area contributed by atoms with Crippen molar-refractivity contribution in [2.75, 3.05) is 5.75 Å². The molecule has 0 aromatic rings. The maximum Gasteiger partial charge on any atom is 0.330 e. The summed E-state index contributed by atoms with van der Waals surface area (Å²) in [5.41, 5.74) is 1.05. The van der Waals surface area contributed by atoms with Gasteiger partial charge in [0.2, 0.25) is 0 Å². The van der Waals surface area contributed by atoms with Gasteiger partial charge in [0.15, 0.2) is 5.79 Å². The Morgan fingerprint density at radius 3 is 2.77 bits per heavy atom. The summed E-state index contributed by atoms with van der Waals surface area (Å²) in [4.78, 5) is 24.3. The van der Waals surface area contributed by atoms with E-state index in [0.29, 0.717) is 18.1 Å². The van der Waals surface area contributed by atoms with Gasteiger partial charge in [0.05, 0.1) is 12.1 Å². The zero-order chi connectivity index (χ0) is 22.3. The number of aliphatic hydroxyl groups is 1. The molecule has 3 aliphatic heterocycles. The van der Waals surface area contributed by atoms with E-state index in [2.05, 4.69) is 36.5 Å². The summed E-state index contributed by atoms with van der Waals surface area (Å²) >= 11 is 1.14. The first-order valence-corrected chi connectivity index (χ1v) is 12.5. The van der Waals surface area contributed by atoms with Gasteiger partial charge in [0, 0.05) is 24.7 Å². The molecule has 3 heterocycles. The molecule has 3 aliphatic rings. The van der Waals surface area contributed by atoms with Gasteiger partial charge in [-0.3, -0.25) is 4.79 Å². The van der Waals surface area contributed by atoms with Crippen LogP contribution in [0.25, 0.3) is 0 Å². The van der Waals surface area contributed by atoms with Gasteiger partial charge in [-0.1, -0.05) is 55.5 Å². The number of nitrogens with one attached hydrogen (secondary N) is 1.